The predicted molar refractivity (Wildman–Crippen MR) is 88.8 cm³/mol. The molecule has 0 nitrogen and oxygen atoms in total. The predicted octanol–water partition coefficient (Wildman–Crippen LogP) is 5.35. The van der Waals surface area contributed by atoms with Crippen LogP contribution in [0.2, 0.25) is 19.1 Å². The molecular weight excluding hydrogens is 244 g/mol. The quantitative estimate of drug-likeness (QED) is 0.484. The summed E-state index contributed by atoms with van der Waals surface area (Å²) in [6.07, 6.45) is 11.9. The maximum absolute atomic E-state index is 2.53. The van der Waals surface area contributed by atoms with Gasteiger partial charge in [0.1, 0.15) is 0 Å². The Labute approximate surface area is 120 Å². The molecular formula is C18H30Si. The summed E-state index contributed by atoms with van der Waals surface area (Å²) in [5.41, 5.74) is 0. The molecule has 1 aliphatic rings. The van der Waals surface area contributed by atoms with Gasteiger partial charge in [-0.2, -0.15) is 0 Å². The molecule has 0 aliphatic heterocycles. The first-order valence-electron chi connectivity index (χ1n) is 8.24. The molecule has 0 spiro atoms. The van der Waals surface area contributed by atoms with E-state index in [0.29, 0.717) is 0 Å². The number of rotatable bonds is 6. The van der Waals surface area contributed by atoms with Crippen molar-refractivity contribution in [2.75, 3.05) is 0 Å². The highest BCUT2D eigenvalue weighted by molar-refractivity contribution is 6.89. The number of hydrogen-bond acceptors (Lipinski definition) is 0. The summed E-state index contributed by atoms with van der Waals surface area (Å²) in [4.78, 5) is 0. The highest BCUT2D eigenvalue weighted by atomic mass is 28.3. The second-order valence-electron chi connectivity index (χ2n) is 7.00. The Kier molecular flexibility index (Phi) is 5.69. The lowest BCUT2D eigenvalue weighted by Gasteiger charge is -2.24. The van der Waals surface area contributed by atoms with E-state index in [9.17, 15) is 0 Å². The second kappa shape index (κ2) is 7.28. The van der Waals surface area contributed by atoms with E-state index in [4.69, 9.17) is 0 Å². The van der Waals surface area contributed by atoms with Crippen molar-refractivity contribution in [1.82, 2.24) is 0 Å². The lowest BCUT2D eigenvalue weighted by molar-refractivity contribution is 0.331. The van der Waals surface area contributed by atoms with Crippen LogP contribution >= 0.6 is 0 Å². The van der Waals surface area contributed by atoms with E-state index < -0.39 is 8.07 Å². The molecule has 2 rings (SSSR count). The zero-order valence-electron chi connectivity index (χ0n) is 12.8. The van der Waals surface area contributed by atoms with Gasteiger partial charge in [-0.1, -0.05) is 106 Å². The molecule has 1 heteroatoms. The van der Waals surface area contributed by atoms with Gasteiger partial charge < -0.3 is 0 Å². The first-order chi connectivity index (χ1) is 9.18. The van der Waals surface area contributed by atoms with Crippen molar-refractivity contribution in [3.8, 4) is 0 Å². The van der Waals surface area contributed by atoms with Gasteiger partial charge in [0.05, 0.1) is 8.07 Å². The van der Waals surface area contributed by atoms with Crippen LogP contribution in [0, 0.1) is 5.92 Å². The van der Waals surface area contributed by atoms with Crippen LogP contribution in [0.15, 0.2) is 30.3 Å². The summed E-state index contributed by atoms with van der Waals surface area (Å²) in [6, 6.07) is 12.7. The van der Waals surface area contributed by atoms with Crippen LogP contribution in [-0.4, -0.2) is 8.07 Å². The molecule has 0 amide bonds. The Morgan fingerprint density at radius 1 is 0.947 bits per heavy atom. The number of benzene rings is 1. The highest BCUT2D eigenvalue weighted by Gasteiger charge is 2.22. The number of unbranched alkanes of at least 4 members (excludes halogenated alkanes) is 1. The Bertz CT molecular complexity index is 349. The van der Waals surface area contributed by atoms with E-state index in [2.05, 4.69) is 43.4 Å². The molecule has 0 unspecified atom stereocenters. The molecule has 0 N–H and O–H groups in total. The van der Waals surface area contributed by atoms with Crippen LogP contribution in [0.25, 0.3) is 0 Å². The van der Waals surface area contributed by atoms with Crippen LogP contribution in [0.5, 0.6) is 0 Å². The van der Waals surface area contributed by atoms with Crippen molar-refractivity contribution < 1.29 is 0 Å². The van der Waals surface area contributed by atoms with Crippen molar-refractivity contribution in [1.29, 1.82) is 0 Å². The van der Waals surface area contributed by atoms with Crippen LogP contribution in [0.4, 0.5) is 0 Å². The first kappa shape index (κ1) is 14.8. The third-order valence-corrected chi connectivity index (χ3v) is 8.44. The molecule has 1 fully saturated rings. The van der Waals surface area contributed by atoms with E-state index in [1.807, 2.05) is 0 Å². The Balaban J connectivity index is 1.69. The third kappa shape index (κ3) is 4.80. The van der Waals surface area contributed by atoms with Crippen molar-refractivity contribution in [2.24, 2.45) is 5.92 Å². The normalized spacial score (nSPS) is 17.6. The zero-order valence-corrected chi connectivity index (χ0v) is 13.8. The fraction of sp³-hybridized carbons (Fsp3) is 0.667. The van der Waals surface area contributed by atoms with Gasteiger partial charge in [0, 0.05) is 0 Å². The molecule has 1 aromatic carbocycles. The van der Waals surface area contributed by atoms with E-state index in [1.54, 1.807) is 5.19 Å². The minimum atomic E-state index is -1.17. The van der Waals surface area contributed by atoms with Crippen LogP contribution in [0.1, 0.15) is 51.4 Å². The molecule has 0 saturated heterocycles. The molecule has 0 radical (unpaired) electrons. The SMILES string of the molecule is C[Si](C)(CCCCC1CCCCC1)c1ccccc1. The summed E-state index contributed by atoms with van der Waals surface area (Å²) < 4.78 is 0. The molecule has 0 atom stereocenters. The lowest BCUT2D eigenvalue weighted by Crippen LogP contribution is -2.40. The van der Waals surface area contributed by atoms with Gasteiger partial charge in [-0.15, -0.1) is 0 Å². The summed E-state index contributed by atoms with van der Waals surface area (Å²) in [5, 5.41) is 1.63. The van der Waals surface area contributed by atoms with E-state index in [0.717, 1.165) is 5.92 Å². The van der Waals surface area contributed by atoms with E-state index in [-0.39, 0.29) is 0 Å². The van der Waals surface area contributed by atoms with Crippen LogP contribution in [-0.2, 0) is 0 Å². The van der Waals surface area contributed by atoms with Crippen molar-refractivity contribution in [2.45, 2.75) is 70.5 Å². The van der Waals surface area contributed by atoms with Crippen molar-refractivity contribution in [3.63, 3.8) is 0 Å². The summed E-state index contributed by atoms with van der Waals surface area (Å²) in [6.45, 7) is 5.06. The largest absolute Gasteiger partial charge is 0.0806 e. The average Bonchev–Trinajstić information content (AvgIpc) is 2.46. The highest BCUT2D eigenvalue weighted by Crippen LogP contribution is 2.28. The van der Waals surface area contributed by atoms with Gasteiger partial charge in [0.2, 0.25) is 0 Å². The smallest absolute Gasteiger partial charge is 0.0654 e. The van der Waals surface area contributed by atoms with E-state index >= 15 is 0 Å². The Hall–Kier alpha value is -0.563. The Morgan fingerprint density at radius 3 is 2.32 bits per heavy atom. The molecule has 19 heavy (non-hydrogen) atoms. The van der Waals surface area contributed by atoms with E-state index in [1.165, 1.54) is 57.4 Å². The monoisotopic (exact) mass is 274 g/mol. The summed E-state index contributed by atoms with van der Waals surface area (Å²) in [5.74, 6) is 1.07. The minimum Gasteiger partial charge on any atom is -0.0654 e. The zero-order chi connectivity index (χ0) is 13.6. The van der Waals surface area contributed by atoms with Gasteiger partial charge in [0.15, 0.2) is 0 Å². The van der Waals surface area contributed by atoms with Gasteiger partial charge in [-0.25, -0.2) is 0 Å². The van der Waals surface area contributed by atoms with Gasteiger partial charge >= 0.3 is 0 Å². The fourth-order valence-electron chi connectivity index (χ4n) is 3.51. The molecule has 106 valence electrons. The number of hydrogen-bond donors (Lipinski definition) is 0. The third-order valence-electron chi connectivity index (χ3n) is 4.94. The maximum atomic E-state index is 2.53. The Morgan fingerprint density at radius 2 is 1.63 bits per heavy atom. The topological polar surface area (TPSA) is 0 Å². The van der Waals surface area contributed by atoms with Crippen molar-refractivity contribution in [3.05, 3.63) is 30.3 Å². The first-order valence-corrected chi connectivity index (χ1v) is 11.4. The second-order valence-corrected chi connectivity index (χ2v) is 11.8. The van der Waals surface area contributed by atoms with Crippen molar-refractivity contribution >= 4 is 13.3 Å². The van der Waals surface area contributed by atoms with Gasteiger partial charge in [-0.3, -0.25) is 0 Å². The summed E-state index contributed by atoms with van der Waals surface area (Å²) in [7, 11) is -1.17. The standard InChI is InChI=1S/C18H30Si/c1-19(2,18-14-7-4-8-15-18)16-10-9-13-17-11-5-3-6-12-17/h4,7-8,14-15,17H,3,5-6,9-13,16H2,1-2H3. The van der Waals surface area contributed by atoms with Crippen LogP contribution in [0.3, 0.4) is 0 Å². The van der Waals surface area contributed by atoms with Crippen LogP contribution < -0.4 is 5.19 Å². The molecule has 1 aromatic rings. The van der Waals surface area contributed by atoms with Gasteiger partial charge in [0.25, 0.3) is 0 Å². The maximum Gasteiger partial charge on any atom is 0.0806 e. The fourth-order valence-corrected chi connectivity index (χ4v) is 6.03. The average molecular weight is 275 g/mol. The molecule has 0 aromatic heterocycles. The molecule has 1 saturated carbocycles. The molecule has 0 heterocycles. The summed E-state index contributed by atoms with van der Waals surface area (Å²) >= 11 is 0. The van der Waals surface area contributed by atoms with Gasteiger partial charge in [-0.05, 0) is 5.92 Å². The minimum absolute atomic E-state index is 1.07. The lowest BCUT2D eigenvalue weighted by atomic mass is 9.86. The molecule has 1 aliphatic carbocycles. The molecule has 0 bridgehead atoms.